The van der Waals surface area contributed by atoms with Gasteiger partial charge in [-0.05, 0) is 6.42 Å². The van der Waals surface area contributed by atoms with E-state index in [0.717, 1.165) is 0 Å². The summed E-state index contributed by atoms with van der Waals surface area (Å²) in [5, 5.41) is 0. The van der Waals surface area contributed by atoms with E-state index in [1.54, 1.807) is 6.92 Å². The van der Waals surface area contributed by atoms with Crippen LogP contribution in [0.5, 0.6) is 0 Å². The van der Waals surface area contributed by atoms with Crippen molar-refractivity contribution >= 4 is 5.97 Å². The molecule has 0 aliphatic carbocycles. The Labute approximate surface area is 61.6 Å². The molecule has 1 atom stereocenters. The van der Waals surface area contributed by atoms with Crippen LogP contribution < -0.4 is 0 Å². The van der Waals surface area contributed by atoms with Gasteiger partial charge in [0.05, 0.1) is 0 Å². The standard InChI is InChI=1S/C8H12O2/c1-4-7(5-2)10-8(9)6-3/h1,7H,5-6H2,2-3H3. The zero-order chi connectivity index (χ0) is 7.98. The second kappa shape index (κ2) is 4.87. The molecule has 0 aliphatic heterocycles. The van der Waals surface area contributed by atoms with Crippen molar-refractivity contribution in [1.82, 2.24) is 0 Å². The molecule has 0 N–H and O–H groups in total. The van der Waals surface area contributed by atoms with Crippen molar-refractivity contribution in [3.63, 3.8) is 0 Å². The molecule has 1 unspecified atom stereocenters. The fourth-order valence-corrected chi connectivity index (χ4v) is 0.477. The van der Waals surface area contributed by atoms with E-state index >= 15 is 0 Å². The predicted octanol–water partition coefficient (Wildman–Crippen LogP) is 1.35. The van der Waals surface area contributed by atoms with Gasteiger partial charge >= 0.3 is 5.97 Å². The summed E-state index contributed by atoms with van der Waals surface area (Å²) in [6, 6.07) is 0. The number of ether oxygens (including phenoxy) is 1. The third kappa shape index (κ3) is 3.13. The first kappa shape index (κ1) is 9.03. The Hall–Kier alpha value is -0.970. The van der Waals surface area contributed by atoms with Gasteiger partial charge < -0.3 is 4.74 Å². The highest BCUT2D eigenvalue weighted by Gasteiger charge is 2.05. The molecule has 0 aromatic rings. The minimum atomic E-state index is -0.340. The van der Waals surface area contributed by atoms with Crippen LogP contribution in [-0.4, -0.2) is 12.1 Å². The highest BCUT2D eigenvalue weighted by atomic mass is 16.5. The summed E-state index contributed by atoms with van der Waals surface area (Å²) in [5.74, 6) is 2.14. The molecule has 0 spiro atoms. The van der Waals surface area contributed by atoms with Crippen molar-refractivity contribution in [3.8, 4) is 12.3 Å². The molecule has 0 aliphatic rings. The van der Waals surface area contributed by atoms with E-state index in [4.69, 9.17) is 11.2 Å². The zero-order valence-corrected chi connectivity index (χ0v) is 6.39. The van der Waals surface area contributed by atoms with Crippen LogP contribution in [0.4, 0.5) is 0 Å². The first-order valence-corrected chi connectivity index (χ1v) is 3.40. The lowest BCUT2D eigenvalue weighted by Crippen LogP contribution is -2.14. The Morgan fingerprint density at radius 1 is 1.70 bits per heavy atom. The number of carbonyl (C=O) groups excluding carboxylic acids is 1. The first-order chi connectivity index (χ1) is 4.74. The first-order valence-electron chi connectivity index (χ1n) is 3.40. The van der Waals surface area contributed by atoms with Crippen LogP contribution in [0.2, 0.25) is 0 Å². The molecule has 56 valence electrons. The molecule has 0 radical (unpaired) electrons. The number of carbonyl (C=O) groups is 1. The van der Waals surface area contributed by atoms with Crippen LogP contribution in [0.15, 0.2) is 0 Å². The van der Waals surface area contributed by atoms with E-state index in [2.05, 4.69) is 5.92 Å². The maximum absolute atomic E-state index is 10.6. The van der Waals surface area contributed by atoms with Crippen LogP contribution in [0, 0.1) is 12.3 Å². The van der Waals surface area contributed by atoms with Crippen molar-refractivity contribution in [2.45, 2.75) is 32.8 Å². The number of terminal acetylenes is 1. The predicted molar refractivity (Wildman–Crippen MR) is 39.3 cm³/mol. The van der Waals surface area contributed by atoms with Gasteiger partial charge in [0.25, 0.3) is 0 Å². The molecule has 0 fully saturated rings. The van der Waals surface area contributed by atoms with Gasteiger partial charge in [0.1, 0.15) is 0 Å². The van der Waals surface area contributed by atoms with Gasteiger partial charge in [0.2, 0.25) is 0 Å². The fraction of sp³-hybridized carbons (Fsp3) is 0.625. The largest absolute Gasteiger partial charge is 0.449 e. The minimum absolute atomic E-state index is 0.232. The molecule has 0 aromatic carbocycles. The minimum Gasteiger partial charge on any atom is -0.449 e. The lowest BCUT2D eigenvalue weighted by molar-refractivity contribution is -0.146. The Morgan fingerprint density at radius 2 is 2.30 bits per heavy atom. The van der Waals surface area contributed by atoms with E-state index < -0.39 is 0 Å². The van der Waals surface area contributed by atoms with Gasteiger partial charge in [-0.3, -0.25) is 4.79 Å². The second-order valence-corrected chi connectivity index (χ2v) is 1.91. The van der Waals surface area contributed by atoms with Crippen LogP contribution in [-0.2, 0) is 9.53 Å². The smallest absolute Gasteiger partial charge is 0.306 e. The quantitative estimate of drug-likeness (QED) is 0.437. The fourth-order valence-electron chi connectivity index (χ4n) is 0.477. The highest BCUT2D eigenvalue weighted by molar-refractivity contribution is 5.69. The summed E-state index contributed by atoms with van der Waals surface area (Å²) in [5.41, 5.74) is 0. The third-order valence-corrected chi connectivity index (χ3v) is 1.12. The van der Waals surface area contributed by atoms with Gasteiger partial charge in [-0.1, -0.05) is 19.8 Å². The molecule has 0 aromatic heterocycles. The van der Waals surface area contributed by atoms with Gasteiger partial charge in [-0.15, -0.1) is 6.42 Å². The molecule has 0 amide bonds. The molecule has 0 rings (SSSR count). The van der Waals surface area contributed by atoms with Crippen molar-refractivity contribution < 1.29 is 9.53 Å². The number of rotatable bonds is 3. The van der Waals surface area contributed by atoms with Crippen molar-refractivity contribution in [2.75, 3.05) is 0 Å². The number of hydrogen-bond donors (Lipinski definition) is 0. The van der Waals surface area contributed by atoms with Crippen LogP contribution in [0.25, 0.3) is 0 Å². The van der Waals surface area contributed by atoms with Crippen molar-refractivity contribution in [3.05, 3.63) is 0 Å². The Morgan fingerprint density at radius 3 is 2.60 bits per heavy atom. The normalized spacial score (nSPS) is 11.7. The van der Waals surface area contributed by atoms with Crippen LogP contribution in [0.1, 0.15) is 26.7 Å². The zero-order valence-electron chi connectivity index (χ0n) is 6.39. The summed E-state index contributed by atoms with van der Waals surface area (Å²) in [7, 11) is 0. The average Bonchev–Trinajstić information content (AvgIpc) is 1.99. The summed E-state index contributed by atoms with van der Waals surface area (Å²) in [4.78, 5) is 10.6. The average molecular weight is 140 g/mol. The SMILES string of the molecule is C#CC(CC)OC(=O)CC. The lowest BCUT2D eigenvalue weighted by Gasteiger charge is -2.07. The molecule has 0 heterocycles. The maximum Gasteiger partial charge on any atom is 0.306 e. The molecule has 10 heavy (non-hydrogen) atoms. The summed E-state index contributed by atoms with van der Waals surface area (Å²) >= 11 is 0. The second-order valence-electron chi connectivity index (χ2n) is 1.91. The molecule has 2 nitrogen and oxygen atoms in total. The Kier molecular flexibility index (Phi) is 4.39. The van der Waals surface area contributed by atoms with E-state index in [1.165, 1.54) is 0 Å². The molecule has 0 saturated carbocycles. The van der Waals surface area contributed by atoms with Crippen molar-refractivity contribution in [2.24, 2.45) is 0 Å². The number of esters is 1. The van der Waals surface area contributed by atoms with Gasteiger partial charge in [-0.2, -0.15) is 0 Å². The molecule has 0 saturated heterocycles. The van der Waals surface area contributed by atoms with Crippen molar-refractivity contribution in [1.29, 1.82) is 0 Å². The molecular weight excluding hydrogens is 128 g/mol. The van der Waals surface area contributed by atoms with E-state index in [1.807, 2.05) is 6.92 Å². The lowest BCUT2D eigenvalue weighted by atomic mass is 10.3. The van der Waals surface area contributed by atoms with E-state index in [0.29, 0.717) is 12.8 Å². The summed E-state index contributed by atoms with van der Waals surface area (Å²) < 4.78 is 4.82. The molecular formula is C8H12O2. The summed E-state index contributed by atoms with van der Waals surface area (Å²) in [6.07, 6.45) is 5.79. The van der Waals surface area contributed by atoms with E-state index in [-0.39, 0.29) is 12.1 Å². The van der Waals surface area contributed by atoms with Gasteiger partial charge in [-0.25, -0.2) is 0 Å². The van der Waals surface area contributed by atoms with Crippen LogP contribution >= 0.6 is 0 Å². The molecule has 2 heteroatoms. The van der Waals surface area contributed by atoms with Gasteiger partial charge in [0.15, 0.2) is 6.10 Å². The van der Waals surface area contributed by atoms with E-state index in [9.17, 15) is 4.79 Å². The maximum atomic E-state index is 10.6. The Bertz CT molecular complexity index is 144. The van der Waals surface area contributed by atoms with Gasteiger partial charge in [0, 0.05) is 6.42 Å². The Balaban J connectivity index is 3.66. The molecule has 0 bridgehead atoms. The number of hydrogen-bond acceptors (Lipinski definition) is 2. The highest BCUT2D eigenvalue weighted by Crippen LogP contribution is 1.97. The third-order valence-electron chi connectivity index (χ3n) is 1.12. The monoisotopic (exact) mass is 140 g/mol. The topological polar surface area (TPSA) is 26.3 Å². The summed E-state index contributed by atoms with van der Waals surface area (Å²) in [6.45, 7) is 3.62. The van der Waals surface area contributed by atoms with Crippen LogP contribution in [0.3, 0.4) is 0 Å².